The molecule has 0 aliphatic rings. The molecule has 1 heterocycles. The molecule has 1 unspecified atom stereocenters. The number of carboxylic acid groups (broad SMARTS) is 1. The Hall–Kier alpha value is -4.99. The van der Waals surface area contributed by atoms with E-state index in [1.54, 1.807) is 101 Å². The summed E-state index contributed by atoms with van der Waals surface area (Å²) in [6, 6.07) is 18.2. The van der Waals surface area contributed by atoms with Crippen LogP contribution in [0.1, 0.15) is 56.1 Å². The Bertz CT molecular complexity index is 1570. The summed E-state index contributed by atoms with van der Waals surface area (Å²) in [6.45, 7) is 7.18. The van der Waals surface area contributed by atoms with E-state index >= 15 is 4.39 Å². The van der Waals surface area contributed by atoms with Crippen LogP contribution in [0.15, 0.2) is 79.3 Å². The first-order chi connectivity index (χ1) is 20.5. The van der Waals surface area contributed by atoms with Crippen LogP contribution in [0.25, 0.3) is 11.1 Å². The summed E-state index contributed by atoms with van der Waals surface area (Å²) in [4.78, 5) is 31.7. The predicted octanol–water partition coefficient (Wildman–Crippen LogP) is 6.65. The molecule has 0 aliphatic carbocycles. The van der Waals surface area contributed by atoms with Crippen LogP contribution in [0.5, 0.6) is 11.5 Å². The van der Waals surface area contributed by atoms with E-state index in [0.29, 0.717) is 39.4 Å². The van der Waals surface area contributed by atoms with Gasteiger partial charge in [0.05, 0.1) is 18.2 Å². The van der Waals surface area contributed by atoms with Gasteiger partial charge in [-0.3, -0.25) is 4.79 Å². The molecule has 0 bridgehead atoms. The highest BCUT2D eigenvalue weighted by Gasteiger charge is 2.21. The maximum atomic E-state index is 16.0. The smallest absolute Gasteiger partial charge is 0.408 e. The van der Waals surface area contributed by atoms with Crippen molar-refractivity contribution in [3.8, 4) is 22.6 Å². The van der Waals surface area contributed by atoms with E-state index in [1.807, 2.05) is 0 Å². The number of benzene rings is 3. The number of amides is 1. The minimum absolute atomic E-state index is 0.0756. The lowest BCUT2D eigenvalue weighted by atomic mass is 9.97. The average Bonchev–Trinajstić information content (AvgIpc) is 2.95. The van der Waals surface area contributed by atoms with E-state index in [4.69, 9.17) is 14.2 Å². The van der Waals surface area contributed by atoms with Crippen molar-refractivity contribution in [3.63, 3.8) is 0 Å². The molecule has 4 rings (SSSR count). The second kappa shape index (κ2) is 13.8. The van der Waals surface area contributed by atoms with E-state index < -0.39 is 29.5 Å². The maximum absolute atomic E-state index is 16.0. The van der Waals surface area contributed by atoms with Crippen LogP contribution in [0.3, 0.4) is 0 Å². The van der Waals surface area contributed by atoms with Gasteiger partial charge in [-0.05, 0) is 69.2 Å². The Balaban J connectivity index is 1.64. The lowest BCUT2D eigenvalue weighted by Gasteiger charge is -2.22. The summed E-state index contributed by atoms with van der Waals surface area (Å²) in [7, 11) is 0. The van der Waals surface area contributed by atoms with Gasteiger partial charge in [0.25, 0.3) is 0 Å². The largest absolute Gasteiger partial charge is 0.489 e. The fraction of sp³-hybridized carbons (Fsp3) is 0.273. The van der Waals surface area contributed by atoms with Crippen molar-refractivity contribution in [1.29, 1.82) is 0 Å². The number of aliphatic carboxylic acids is 1. The van der Waals surface area contributed by atoms with E-state index in [0.717, 1.165) is 0 Å². The first-order valence-corrected chi connectivity index (χ1v) is 13.7. The van der Waals surface area contributed by atoms with Gasteiger partial charge in [0.15, 0.2) is 0 Å². The van der Waals surface area contributed by atoms with Gasteiger partial charge >= 0.3 is 12.1 Å². The highest BCUT2D eigenvalue weighted by Crippen LogP contribution is 2.32. The Kier molecular flexibility index (Phi) is 9.92. The van der Waals surface area contributed by atoms with Crippen molar-refractivity contribution in [2.75, 3.05) is 0 Å². The normalized spacial score (nSPS) is 11.8. The van der Waals surface area contributed by atoms with Gasteiger partial charge in [0.1, 0.15) is 42.5 Å². The molecule has 1 amide bonds. The molecule has 0 fully saturated rings. The summed E-state index contributed by atoms with van der Waals surface area (Å²) in [5.74, 6) is -0.575. The van der Waals surface area contributed by atoms with Gasteiger partial charge in [-0.25, -0.2) is 19.2 Å². The highest BCUT2D eigenvalue weighted by atomic mass is 19.1. The van der Waals surface area contributed by atoms with Gasteiger partial charge < -0.3 is 24.6 Å². The zero-order chi connectivity index (χ0) is 31.0. The quantitative estimate of drug-likeness (QED) is 0.200. The molecule has 0 spiro atoms. The predicted molar refractivity (Wildman–Crippen MR) is 158 cm³/mol. The zero-order valence-corrected chi connectivity index (χ0v) is 24.5. The third-order valence-electron chi connectivity index (χ3n) is 6.24. The van der Waals surface area contributed by atoms with Crippen molar-refractivity contribution in [3.05, 3.63) is 107 Å². The molecule has 0 aliphatic heterocycles. The molecule has 10 heteroatoms. The minimum Gasteiger partial charge on any atom is -0.489 e. The molecule has 9 nitrogen and oxygen atoms in total. The number of alkyl carbamates (subject to hydrolysis) is 1. The molecule has 0 saturated heterocycles. The van der Waals surface area contributed by atoms with Crippen LogP contribution in [-0.4, -0.2) is 32.7 Å². The first kappa shape index (κ1) is 31.0. The number of carbonyl (C=O) groups excluding carboxylic acids is 1. The van der Waals surface area contributed by atoms with Crippen molar-refractivity contribution < 1.29 is 33.3 Å². The van der Waals surface area contributed by atoms with Gasteiger partial charge in [-0.1, -0.05) is 36.4 Å². The standard InChI is InChI=1S/C33H34FN3O6/c1-21(37-32(40)43-33(2,3)4)27-9-7-10-28(31(27)34)24-14-22(15-26(16-24)41-19-25-12-13-35-20-36-25)18-42-29-11-6-5-8-23(29)17-30(38)39/h5-16,20-21H,17-19H2,1-4H3,(H,37,40)(H,38,39). The number of hydrogen-bond acceptors (Lipinski definition) is 7. The molecule has 1 atom stereocenters. The Labute approximate surface area is 249 Å². The Morgan fingerprint density at radius 1 is 1.00 bits per heavy atom. The zero-order valence-electron chi connectivity index (χ0n) is 24.5. The molecule has 3 aromatic carbocycles. The maximum Gasteiger partial charge on any atom is 0.408 e. The number of aromatic nitrogens is 2. The number of rotatable bonds is 11. The Morgan fingerprint density at radius 3 is 2.51 bits per heavy atom. The van der Waals surface area contributed by atoms with Crippen molar-refractivity contribution in [1.82, 2.24) is 15.3 Å². The topological polar surface area (TPSA) is 120 Å². The average molecular weight is 588 g/mol. The van der Waals surface area contributed by atoms with E-state index in [2.05, 4.69) is 15.3 Å². The van der Waals surface area contributed by atoms with Gasteiger partial charge in [-0.2, -0.15) is 0 Å². The number of carboxylic acids is 1. The lowest BCUT2D eigenvalue weighted by Crippen LogP contribution is -2.34. The summed E-state index contributed by atoms with van der Waals surface area (Å²) in [5, 5.41) is 12.0. The molecule has 0 saturated carbocycles. The summed E-state index contributed by atoms with van der Waals surface area (Å²) in [6.07, 6.45) is 2.21. The van der Waals surface area contributed by atoms with E-state index in [9.17, 15) is 14.7 Å². The number of hydrogen-bond donors (Lipinski definition) is 2. The number of ether oxygens (including phenoxy) is 3. The molecule has 4 aromatic rings. The second-order valence-corrected chi connectivity index (χ2v) is 10.9. The van der Waals surface area contributed by atoms with Crippen LogP contribution < -0.4 is 14.8 Å². The lowest BCUT2D eigenvalue weighted by molar-refractivity contribution is -0.136. The molecular weight excluding hydrogens is 553 g/mol. The van der Waals surface area contributed by atoms with Crippen molar-refractivity contribution in [2.45, 2.75) is 59.0 Å². The Morgan fingerprint density at radius 2 is 1.79 bits per heavy atom. The minimum atomic E-state index is -0.968. The molecule has 0 radical (unpaired) electrons. The SMILES string of the molecule is CC(NC(=O)OC(C)(C)C)c1cccc(-c2cc(COc3ccccc3CC(=O)O)cc(OCc3ccncn3)c2)c1F. The number of carbonyl (C=O) groups is 2. The molecule has 1 aromatic heterocycles. The molecule has 43 heavy (non-hydrogen) atoms. The molecular formula is C33H34FN3O6. The summed E-state index contributed by atoms with van der Waals surface area (Å²) >= 11 is 0. The van der Waals surface area contributed by atoms with Gasteiger partial charge in [-0.15, -0.1) is 0 Å². The number of nitrogens with zero attached hydrogens (tertiary/aromatic N) is 2. The first-order valence-electron chi connectivity index (χ1n) is 13.7. The molecule has 224 valence electrons. The van der Waals surface area contributed by atoms with E-state index in [1.165, 1.54) is 6.33 Å². The third kappa shape index (κ3) is 9.00. The summed E-state index contributed by atoms with van der Waals surface area (Å²) < 4.78 is 33.4. The van der Waals surface area contributed by atoms with Crippen LogP contribution in [0, 0.1) is 5.82 Å². The third-order valence-corrected chi connectivity index (χ3v) is 6.24. The monoisotopic (exact) mass is 587 g/mol. The van der Waals surface area contributed by atoms with Gasteiger partial charge in [0, 0.05) is 22.9 Å². The number of nitrogens with one attached hydrogen (secondary N) is 1. The fourth-order valence-electron chi connectivity index (χ4n) is 4.33. The van der Waals surface area contributed by atoms with E-state index in [-0.39, 0.29) is 25.2 Å². The summed E-state index contributed by atoms with van der Waals surface area (Å²) in [5.41, 5.74) is 2.30. The number of halogens is 1. The van der Waals surface area contributed by atoms with Crippen LogP contribution in [0.4, 0.5) is 9.18 Å². The second-order valence-electron chi connectivity index (χ2n) is 10.9. The highest BCUT2D eigenvalue weighted by molar-refractivity contribution is 5.72. The fourth-order valence-corrected chi connectivity index (χ4v) is 4.33. The molecule has 2 N–H and O–H groups in total. The number of para-hydroxylation sites is 1. The van der Waals surface area contributed by atoms with Crippen LogP contribution >= 0.6 is 0 Å². The van der Waals surface area contributed by atoms with Crippen LogP contribution in [-0.2, 0) is 29.2 Å². The van der Waals surface area contributed by atoms with Crippen LogP contribution in [0.2, 0.25) is 0 Å². The van der Waals surface area contributed by atoms with Gasteiger partial charge in [0.2, 0.25) is 0 Å². The van der Waals surface area contributed by atoms with Crippen molar-refractivity contribution in [2.24, 2.45) is 0 Å². The van der Waals surface area contributed by atoms with Crippen molar-refractivity contribution >= 4 is 12.1 Å².